The molecule has 1 aromatic heterocycles. The normalized spacial score (nSPS) is 14.2. The number of nitriles is 2. The van der Waals surface area contributed by atoms with E-state index in [1.54, 1.807) is 13.0 Å². The van der Waals surface area contributed by atoms with Crippen LogP contribution in [0.15, 0.2) is 29.3 Å². The maximum absolute atomic E-state index is 11.6. The molecule has 0 radical (unpaired) electrons. The van der Waals surface area contributed by atoms with E-state index in [4.69, 9.17) is 5.73 Å². The van der Waals surface area contributed by atoms with Crippen LogP contribution in [-0.2, 0) is 5.75 Å². The monoisotopic (exact) mass is 390 g/mol. The molecule has 1 heterocycles. The fourth-order valence-corrected chi connectivity index (χ4v) is 4.71. The van der Waals surface area contributed by atoms with Gasteiger partial charge in [0, 0.05) is 11.3 Å². The minimum Gasteiger partial charge on any atom is -0.383 e. The number of anilines is 1. The number of aromatic nitrogens is 1. The number of pyridine rings is 1. The summed E-state index contributed by atoms with van der Waals surface area (Å²) < 4.78 is 0. The van der Waals surface area contributed by atoms with Crippen molar-refractivity contribution in [3.05, 3.63) is 52.1 Å². The Labute approximate surface area is 169 Å². The fourth-order valence-electron chi connectivity index (χ4n) is 3.76. The number of carbonyl (C=O) groups is 1. The lowest BCUT2D eigenvalue weighted by Crippen LogP contribution is -2.13. The van der Waals surface area contributed by atoms with Crippen LogP contribution < -0.4 is 5.73 Å². The zero-order valence-corrected chi connectivity index (χ0v) is 16.7. The van der Waals surface area contributed by atoms with Gasteiger partial charge in [-0.05, 0) is 42.9 Å². The van der Waals surface area contributed by atoms with E-state index >= 15 is 0 Å². The second-order valence-electron chi connectivity index (χ2n) is 7.07. The molecule has 1 aliphatic carbocycles. The summed E-state index contributed by atoms with van der Waals surface area (Å²) in [6, 6.07) is 11.9. The lowest BCUT2D eigenvalue weighted by atomic mass is 9.80. The molecule has 5 nitrogen and oxygen atoms in total. The number of benzene rings is 1. The van der Waals surface area contributed by atoms with E-state index in [1.165, 1.54) is 18.2 Å². The Morgan fingerprint density at radius 3 is 2.57 bits per heavy atom. The number of thioether (sulfide) groups is 1. The number of hydrogen-bond acceptors (Lipinski definition) is 6. The van der Waals surface area contributed by atoms with Crippen molar-refractivity contribution in [2.24, 2.45) is 0 Å². The minimum absolute atomic E-state index is 0.0184. The Kier molecular flexibility index (Phi) is 6.34. The van der Waals surface area contributed by atoms with Gasteiger partial charge in [0.15, 0.2) is 5.78 Å². The van der Waals surface area contributed by atoms with E-state index in [1.807, 2.05) is 18.2 Å². The van der Waals surface area contributed by atoms with Crippen LogP contribution in [0.3, 0.4) is 0 Å². The van der Waals surface area contributed by atoms with E-state index in [0.717, 1.165) is 36.8 Å². The molecular formula is C22H22N4OS. The topological polar surface area (TPSA) is 104 Å². The highest BCUT2D eigenvalue weighted by Gasteiger charge is 2.26. The van der Waals surface area contributed by atoms with E-state index in [-0.39, 0.29) is 17.5 Å². The fraction of sp³-hybridized carbons (Fsp3) is 0.364. The molecule has 6 heteroatoms. The van der Waals surface area contributed by atoms with Crippen LogP contribution in [0.1, 0.15) is 77.6 Å². The van der Waals surface area contributed by atoms with Gasteiger partial charge in [-0.25, -0.2) is 4.98 Å². The molecule has 0 bridgehead atoms. The van der Waals surface area contributed by atoms with Crippen LogP contribution in [0.4, 0.5) is 5.82 Å². The van der Waals surface area contributed by atoms with Gasteiger partial charge in [-0.15, -0.1) is 11.8 Å². The molecule has 0 saturated heterocycles. The summed E-state index contributed by atoms with van der Waals surface area (Å²) in [4.78, 5) is 16.0. The molecule has 2 aromatic rings. The predicted octanol–water partition coefficient (Wildman–Crippen LogP) is 4.95. The lowest BCUT2D eigenvalue weighted by Gasteiger charge is -2.25. The average molecular weight is 391 g/mol. The van der Waals surface area contributed by atoms with Crippen LogP contribution in [0.2, 0.25) is 0 Å². The second-order valence-corrected chi connectivity index (χ2v) is 8.03. The van der Waals surface area contributed by atoms with Crippen LogP contribution in [0.25, 0.3) is 0 Å². The maximum Gasteiger partial charge on any atom is 0.159 e. The molecule has 0 atom stereocenters. The first-order chi connectivity index (χ1) is 13.5. The highest BCUT2D eigenvalue weighted by atomic mass is 32.2. The van der Waals surface area contributed by atoms with Gasteiger partial charge >= 0.3 is 0 Å². The van der Waals surface area contributed by atoms with Crippen molar-refractivity contribution in [3.63, 3.8) is 0 Å². The quantitative estimate of drug-likeness (QED) is 0.572. The molecule has 142 valence electrons. The third kappa shape index (κ3) is 4.18. The summed E-state index contributed by atoms with van der Waals surface area (Å²) in [7, 11) is 0. The van der Waals surface area contributed by atoms with Gasteiger partial charge in [-0.3, -0.25) is 4.79 Å². The lowest BCUT2D eigenvalue weighted by molar-refractivity contribution is 0.101. The molecule has 28 heavy (non-hydrogen) atoms. The highest BCUT2D eigenvalue weighted by Crippen LogP contribution is 2.40. The van der Waals surface area contributed by atoms with Gasteiger partial charge in [0.05, 0.1) is 11.1 Å². The van der Waals surface area contributed by atoms with Gasteiger partial charge < -0.3 is 5.73 Å². The molecular weight excluding hydrogens is 368 g/mol. The summed E-state index contributed by atoms with van der Waals surface area (Å²) >= 11 is 1.42. The number of rotatable bonds is 5. The zero-order valence-electron chi connectivity index (χ0n) is 15.9. The van der Waals surface area contributed by atoms with Crippen molar-refractivity contribution < 1.29 is 4.79 Å². The summed E-state index contributed by atoms with van der Waals surface area (Å²) in [5.74, 6) is 0.966. The summed E-state index contributed by atoms with van der Waals surface area (Å²) in [5.41, 5.74) is 9.34. The molecule has 1 fully saturated rings. The third-order valence-corrected chi connectivity index (χ3v) is 6.22. The van der Waals surface area contributed by atoms with Crippen LogP contribution in [0, 0.1) is 22.7 Å². The molecule has 1 saturated carbocycles. The Morgan fingerprint density at radius 1 is 1.21 bits per heavy atom. The van der Waals surface area contributed by atoms with Gasteiger partial charge in [-0.2, -0.15) is 10.5 Å². The van der Waals surface area contributed by atoms with Crippen molar-refractivity contribution >= 4 is 23.4 Å². The first-order valence-electron chi connectivity index (χ1n) is 9.41. The number of nitrogens with two attached hydrogens (primary N) is 1. The maximum atomic E-state index is 11.6. The number of Topliss-reactive ketones (excluding diaryl/α,β-unsaturated/α-hetero) is 1. The first-order valence-corrected chi connectivity index (χ1v) is 10.4. The predicted molar refractivity (Wildman–Crippen MR) is 110 cm³/mol. The molecule has 1 aliphatic rings. The van der Waals surface area contributed by atoms with E-state index in [9.17, 15) is 15.3 Å². The largest absolute Gasteiger partial charge is 0.383 e. The summed E-state index contributed by atoms with van der Waals surface area (Å²) in [6.07, 6.45) is 5.33. The number of ketones is 1. The number of hydrogen-bond donors (Lipinski definition) is 1. The van der Waals surface area contributed by atoms with Crippen molar-refractivity contribution in [2.75, 3.05) is 5.73 Å². The molecule has 0 spiro atoms. The van der Waals surface area contributed by atoms with E-state index < -0.39 is 0 Å². The number of carbonyl (C=O) groups excluding carboxylic acids is 1. The average Bonchev–Trinajstić information content (AvgIpc) is 2.72. The van der Waals surface area contributed by atoms with Crippen molar-refractivity contribution in [3.8, 4) is 12.1 Å². The van der Waals surface area contributed by atoms with Crippen molar-refractivity contribution in [1.29, 1.82) is 10.5 Å². The van der Waals surface area contributed by atoms with E-state index in [0.29, 0.717) is 27.5 Å². The Balaban J connectivity index is 1.96. The van der Waals surface area contributed by atoms with Gasteiger partial charge in [0.2, 0.25) is 0 Å². The Hall–Kier alpha value is -2.83. The van der Waals surface area contributed by atoms with Crippen LogP contribution in [0.5, 0.6) is 0 Å². The molecule has 3 rings (SSSR count). The zero-order chi connectivity index (χ0) is 20.1. The molecule has 2 N–H and O–H groups in total. The van der Waals surface area contributed by atoms with Crippen LogP contribution in [-0.4, -0.2) is 10.8 Å². The summed E-state index contributed by atoms with van der Waals surface area (Å²) in [5, 5.41) is 20.0. The summed E-state index contributed by atoms with van der Waals surface area (Å²) in [6.45, 7) is 1.54. The highest BCUT2D eigenvalue weighted by molar-refractivity contribution is 7.98. The number of nitrogens with zero attached hydrogens (tertiary/aromatic N) is 3. The molecule has 0 unspecified atom stereocenters. The molecule has 0 aliphatic heterocycles. The minimum atomic E-state index is 0.0184. The van der Waals surface area contributed by atoms with Crippen molar-refractivity contribution in [2.45, 2.75) is 55.7 Å². The van der Waals surface area contributed by atoms with Crippen LogP contribution >= 0.6 is 11.8 Å². The molecule has 1 aromatic carbocycles. The van der Waals surface area contributed by atoms with Gasteiger partial charge in [-0.1, -0.05) is 37.5 Å². The SMILES string of the molecule is CC(=O)c1cccc(CSc2nc(N)c(C#N)c(C3CCCCC3)c2C#N)c1. The van der Waals surface area contributed by atoms with Gasteiger partial charge in [0.1, 0.15) is 23.0 Å². The van der Waals surface area contributed by atoms with Gasteiger partial charge in [0.25, 0.3) is 0 Å². The Bertz CT molecular complexity index is 981. The standard InChI is InChI=1S/C22H22N4OS/c1-14(27)17-9-5-6-15(10-17)13-28-22-19(12-24)20(16-7-3-2-4-8-16)18(11-23)21(25)26-22/h5-6,9-10,16H,2-4,7-8,13H2,1H3,(H2,25,26). The van der Waals surface area contributed by atoms with E-state index in [2.05, 4.69) is 17.1 Å². The first kappa shape index (κ1) is 19.9. The Morgan fingerprint density at radius 2 is 1.93 bits per heavy atom. The van der Waals surface area contributed by atoms with Crippen molar-refractivity contribution in [1.82, 2.24) is 4.98 Å². The second kappa shape index (κ2) is 8.91. The number of nitrogen functional groups attached to an aromatic ring is 1. The smallest absolute Gasteiger partial charge is 0.159 e. The molecule has 0 amide bonds. The third-order valence-electron chi connectivity index (χ3n) is 5.18.